The van der Waals surface area contributed by atoms with Crippen LogP contribution in [0.5, 0.6) is 0 Å². The van der Waals surface area contributed by atoms with E-state index in [1.54, 1.807) is 31.8 Å². The van der Waals surface area contributed by atoms with E-state index in [4.69, 9.17) is 0 Å². The minimum absolute atomic E-state index is 0. The predicted molar refractivity (Wildman–Crippen MR) is 171 cm³/mol. The first kappa shape index (κ1) is 28.5. The number of fused-ring (bicyclic) bond motifs is 2. The molecule has 0 fully saturated rings. The summed E-state index contributed by atoms with van der Waals surface area (Å²) in [5, 5.41) is 10.3. The number of para-hydroxylation sites is 3. The van der Waals surface area contributed by atoms with E-state index in [0.717, 1.165) is 50.4 Å². The number of aromatic nitrogens is 6. The average molecular weight is 578 g/mol. The Morgan fingerprint density at radius 1 is 0.929 bits per heavy atom. The Bertz CT molecular complexity index is 1810. The van der Waals surface area contributed by atoms with E-state index in [1.165, 1.54) is 0 Å². The van der Waals surface area contributed by atoms with E-state index in [0.29, 0.717) is 24.5 Å². The highest BCUT2D eigenvalue weighted by atomic mass is 32.1. The van der Waals surface area contributed by atoms with E-state index < -0.39 is 0 Å². The largest absolute Gasteiger partial charge is 0.369 e. The molecular weight excluding hydrogens is 546 g/mol. The van der Waals surface area contributed by atoms with Crippen LogP contribution in [0.15, 0.2) is 85.5 Å². The first-order valence-corrected chi connectivity index (χ1v) is 13.4. The number of H-pyrrole nitrogens is 1. The van der Waals surface area contributed by atoms with Gasteiger partial charge in [-0.3, -0.25) is 9.78 Å². The van der Waals surface area contributed by atoms with Crippen LogP contribution in [0.25, 0.3) is 33.2 Å². The summed E-state index contributed by atoms with van der Waals surface area (Å²) in [4.78, 5) is 38.2. The molecule has 11 heteroatoms. The number of hydrogen-bond acceptors (Lipinski definition) is 8. The maximum atomic E-state index is 12.3. The standard InChI is InChI=1S/C31H29N9O.H2S/c1-19(21-6-5-7-22-23(31(41)32-2)12-13-33-30(21)22)15-34-28-14-26(37-18-38-28)20-10-11-27(35-16-20)36-17-29-39-24-8-3-4-9-25(24)40-29;/h3-14,16,18-19H,15,17H2,1-2H3,(H,32,41)(H,35,36)(H,39,40)(H,34,37,38);1H2/t19-;/m1./s1. The van der Waals surface area contributed by atoms with Crippen LogP contribution in [-0.4, -0.2) is 49.4 Å². The van der Waals surface area contributed by atoms with Gasteiger partial charge in [-0.05, 0) is 35.9 Å². The van der Waals surface area contributed by atoms with Gasteiger partial charge in [0.2, 0.25) is 0 Å². The van der Waals surface area contributed by atoms with E-state index >= 15 is 0 Å². The van der Waals surface area contributed by atoms with Crippen molar-refractivity contribution < 1.29 is 4.79 Å². The fraction of sp³-hybridized carbons (Fsp3) is 0.161. The monoisotopic (exact) mass is 577 g/mol. The number of benzene rings is 2. The third kappa shape index (κ3) is 6.01. The molecule has 1 amide bonds. The molecule has 0 radical (unpaired) electrons. The molecule has 2 aromatic carbocycles. The minimum Gasteiger partial charge on any atom is -0.369 e. The first-order chi connectivity index (χ1) is 20.1. The van der Waals surface area contributed by atoms with Gasteiger partial charge in [-0.2, -0.15) is 13.5 Å². The second-order valence-electron chi connectivity index (χ2n) is 9.74. The Balaban J connectivity index is 0.00000353. The Kier molecular flexibility index (Phi) is 8.58. The number of imidazole rings is 1. The average Bonchev–Trinajstić information content (AvgIpc) is 3.45. The van der Waals surface area contributed by atoms with Gasteiger partial charge in [0.15, 0.2) is 0 Å². The van der Waals surface area contributed by atoms with Gasteiger partial charge in [0.05, 0.1) is 34.4 Å². The van der Waals surface area contributed by atoms with E-state index in [9.17, 15) is 4.79 Å². The Morgan fingerprint density at radius 2 is 1.81 bits per heavy atom. The highest BCUT2D eigenvalue weighted by Crippen LogP contribution is 2.27. The van der Waals surface area contributed by atoms with Gasteiger partial charge in [-0.15, -0.1) is 0 Å². The SMILES string of the molecule is CNC(=O)c1ccnc2c([C@H](C)CNc3cc(-c4ccc(NCc5nc6ccccc6[nH]5)nc4)ncn3)cccc12.S. The third-order valence-corrected chi connectivity index (χ3v) is 7.00. The first-order valence-electron chi connectivity index (χ1n) is 13.4. The lowest BCUT2D eigenvalue weighted by Crippen LogP contribution is -2.18. The molecule has 0 aliphatic carbocycles. The molecule has 212 valence electrons. The van der Waals surface area contributed by atoms with Gasteiger partial charge >= 0.3 is 0 Å². The molecule has 0 bridgehead atoms. The van der Waals surface area contributed by atoms with Crippen LogP contribution in [-0.2, 0) is 6.54 Å². The quantitative estimate of drug-likeness (QED) is 0.183. The summed E-state index contributed by atoms with van der Waals surface area (Å²) in [6.45, 7) is 3.30. The second-order valence-corrected chi connectivity index (χ2v) is 9.74. The number of nitrogens with one attached hydrogen (secondary N) is 4. The van der Waals surface area contributed by atoms with Crippen molar-refractivity contribution in [3.05, 3.63) is 102 Å². The van der Waals surface area contributed by atoms with Crippen LogP contribution in [0, 0.1) is 0 Å². The number of amides is 1. The highest BCUT2D eigenvalue weighted by Gasteiger charge is 2.15. The van der Waals surface area contributed by atoms with Crippen molar-refractivity contribution in [2.45, 2.75) is 19.4 Å². The van der Waals surface area contributed by atoms with Gasteiger partial charge < -0.3 is 20.9 Å². The van der Waals surface area contributed by atoms with Crippen LogP contribution in [0.4, 0.5) is 11.6 Å². The maximum absolute atomic E-state index is 12.3. The summed E-state index contributed by atoms with van der Waals surface area (Å²) in [6, 6.07) is 21.5. The fourth-order valence-corrected chi connectivity index (χ4v) is 4.82. The number of nitrogens with zero attached hydrogens (tertiary/aromatic N) is 5. The van der Waals surface area contributed by atoms with E-state index in [2.05, 4.69) is 58.8 Å². The van der Waals surface area contributed by atoms with Crippen molar-refractivity contribution >= 4 is 53.0 Å². The lowest BCUT2D eigenvalue weighted by Gasteiger charge is -2.16. The number of carbonyl (C=O) groups is 1. The molecule has 1 atom stereocenters. The predicted octanol–water partition coefficient (Wildman–Crippen LogP) is 5.26. The number of hydrogen-bond donors (Lipinski definition) is 4. The van der Waals surface area contributed by atoms with Crippen molar-refractivity contribution in [1.29, 1.82) is 0 Å². The molecule has 42 heavy (non-hydrogen) atoms. The smallest absolute Gasteiger partial charge is 0.251 e. The zero-order valence-electron chi connectivity index (χ0n) is 23.2. The van der Waals surface area contributed by atoms with Crippen molar-refractivity contribution in [2.24, 2.45) is 0 Å². The van der Waals surface area contributed by atoms with Gasteiger partial charge in [0, 0.05) is 48.9 Å². The summed E-state index contributed by atoms with van der Waals surface area (Å²) < 4.78 is 0. The number of anilines is 2. The normalized spacial score (nSPS) is 11.6. The third-order valence-electron chi connectivity index (χ3n) is 7.00. The molecule has 6 rings (SSSR count). The van der Waals surface area contributed by atoms with Gasteiger partial charge in [-0.1, -0.05) is 37.3 Å². The van der Waals surface area contributed by atoms with Crippen molar-refractivity contribution in [1.82, 2.24) is 35.2 Å². The molecule has 4 heterocycles. The molecule has 10 nitrogen and oxygen atoms in total. The minimum atomic E-state index is -0.127. The number of pyridine rings is 2. The van der Waals surface area contributed by atoms with Crippen LogP contribution >= 0.6 is 13.5 Å². The summed E-state index contributed by atoms with van der Waals surface area (Å²) in [6.07, 6.45) is 5.02. The zero-order chi connectivity index (χ0) is 28.2. The number of rotatable bonds is 9. The number of carbonyl (C=O) groups excluding carboxylic acids is 1. The molecule has 0 aliphatic rings. The van der Waals surface area contributed by atoms with Gasteiger partial charge in [0.25, 0.3) is 5.91 Å². The van der Waals surface area contributed by atoms with Crippen LogP contribution in [0.3, 0.4) is 0 Å². The Hall–Kier alpha value is -5.03. The maximum Gasteiger partial charge on any atom is 0.251 e. The molecule has 4 N–H and O–H groups in total. The topological polar surface area (TPSA) is 133 Å². The Labute approximate surface area is 249 Å². The molecule has 0 aliphatic heterocycles. The van der Waals surface area contributed by atoms with Gasteiger partial charge in [-0.25, -0.2) is 19.9 Å². The highest BCUT2D eigenvalue weighted by molar-refractivity contribution is 7.59. The molecule has 0 saturated carbocycles. The number of aromatic amines is 1. The van der Waals surface area contributed by atoms with Crippen LogP contribution in [0.1, 0.15) is 34.6 Å². The van der Waals surface area contributed by atoms with Gasteiger partial charge in [0.1, 0.15) is 23.8 Å². The summed E-state index contributed by atoms with van der Waals surface area (Å²) in [7, 11) is 1.63. The second kappa shape index (κ2) is 12.6. The van der Waals surface area contributed by atoms with Crippen molar-refractivity contribution in [3.8, 4) is 11.3 Å². The lowest BCUT2D eigenvalue weighted by atomic mass is 9.96. The summed E-state index contributed by atoms with van der Waals surface area (Å²) >= 11 is 0. The zero-order valence-corrected chi connectivity index (χ0v) is 24.2. The van der Waals surface area contributed by atoms with Crippen LogP contribution < -0.4 is 16.0 Å². The summed E-state index contributed by atoms with van der Waals surface area (Å²) in [5.74, 6) is 2.30. The fourth-order valence-electron chi connectivity index (χ4n) is 4.82. The van der Waals surface area contributed by atoms with Crippen molar-refractivity contribution in [3.63, 3.8) is 0 Å². The lowest BCUT2D eigenvalue weighted by molar-refractivity contribution is 0.0964. The molecule has 0 spiro atoms. The molecule has 6 aromatic rings. The van der Waals surface area contributed by atoms with E-state index in [-0.39, 0.29) is 25.3 Å². The Morgan fingerprint density at radius 3 is 2.62 bits per heavy atom. The molecule has 0 unspecified atom stereocenters. The molecular formula is C31H31N9OS. The van der Waals surface area contributed by atoms with E-state index in [1.807, 2.05) is 54.6 Å². The summed E-state index contributed by atoms with van der Waals surface area (Å²) in [5.41, 5.74) is 6.12. The van der Waals surface area contributed by atoms with Crippen molar-refractivity contribution in [2.75, 3.05) is 24.2 Å². The molecule has 4 aromatic heterocycles. The van der Waals surface area contributed by atoms with Crippen LogP contribution in [0.2, 0.25) is 0 Å². The molecule has 0 saturated heterocycles.